The van der Waals surface area contributed by atoms with Gasteiger partial charge in [0.25, 0.3) is 0 Å². The van der Waals surface area contributed by atoms with Gasteiger partial charge in [-0.2, -0.15) is 0 Å². The third-order valence-electron chi connectivity index (χ3n) is 4.37. The van der Waals surface area contributed by atoms with Gasteiger partial charge in [0.1, 0.15) is 6.10 Å². The number of hydrogen-bond donors (Lipinski definition) is 1. The molecular weight excluding hydrogens is 314 g/mol. The summed E-state index contributed by atoms with van der Waals surface area (Å²) in [5, 5.41) is 2.17. The largest absolute Gasteiger partial charge is 0.450 e. The van der Waals surface area contributed by atoms with Gasteiger partial charge in [-0.15, -0.1) is 0 Å². The Morgan fingerprint density at radius 3 is 2.36 bits per heavy atom. The van der Waals surface area contributed by atoms with Crippen LogP contribution in [0, 0.1) is 0 Å². The monoisotopic (exact) mass is 329 g/mol. The van der Waals surface area contributed by atoms with Crippen molar-refractivity contribution in [1.82, 2.24) is 0 Å². The first-order chi connectivity index (χ1) is 12.1. The molecule has 1 aliphatic rings. The van der Waals surface area contributed by atoms with E-state index in [-0.39, 0.29) is 11.1 Å². The average molecular weight is 329 g/mol. The molecule has 1 amide bonds. The molecule has 4 nitrogen and oxygen atoms in total. The van der Waals surface area contributed by atoms with E-state index in [1.807, 2.05) is 48.6 Å². The first kappa shape index (κ1) is 15.1. The van der Waals surface area contributed by atoms with E-state index in [1.165, 1.54) is 6.07 Å². The van der Waals surface area contributed by atoms with Gasteiger partial charge < -0.3 is 10.5 Å². The van der Waals surface area contributed by atoms with Gasteiger partial charge in [0, 0.05) is 5.56 Å². The Morgan fingerprint density at radius 2 is 1.60 bits per heavy atom. The Bertz CT molecular complexity index is 1030. The van der Waals surface area contributed by atoms with Gasteiger partial charge in [0.2, 0.25) is 5.91 Å². The SMILES string of the molecule is NC(=O)c1ccccc1C(=O)OC1C=Cc2cccc3cccc1c23. The minimum atomic E-state index is -0.654. The van der Waals surface area contributed by atoms with Gasteiger partial charge in [-0.05, 0) is 34.5 Å². The van der Waals surface area contributed by atoms with Crippen LogP contribution in [-0.2, 0) is 4.74 Å². The molecule has 0 heterocycles. The van der Waals surface area contributed by atoms with Crippen molar-refractivity contribution in [2.45, 2.75) is 6.10 Å². The van der Waals surface area contributed by atoms with Crippen LogP contribution in [0.3, 0.4) is 0 Å². The molecule has 0 spiro atoms. The minimum absolute atomic E-state index is 0.158. The van der Waals surface area contributed by atoms with Gasteiger partial charge in [0.15, 0.2) is 0 Å². The fourth-order valence-electron chi connectivity index (χ4n) is 3.23. The van der Waals surface area contributed by atoms with Gasteiger partial charge in [-0.1, -0.05) is 54.6 Å². The van der Waals surface area contributed by atoms with E-state index in [2.05, 4.69) is 0 Å². The predicted molar refractivity (Wildman–Crippen MR) is 96.1 cm³/mol. The van der Waals surface area contributed by atoms with Crippen molar-refractivity contribution in [3.05, 3.63) is 89.0 Å². The Morgan fingerprint density at radius 1 is 0.880 bits per heavy atom. The van der Waals surface area contributed by atoms with Crippen LogP contribution in [0.4, 0.5) is 0 Å². The Balaban J connectivity index is 1.72. The van der Waals surface area contributed by atoms with Crippen LogP contribution < -0.4 is 5.73 Å². The van der Waals surface area contributed by atoms with Crippen LogP contribution in [0.1, 0.15) is 37.9 Å². The molecular formula is C21H15NO3. The van der Waals surface area contributed by atoms with Gasteiger partial charge in [-0.25, -0.2) is 4.79 Å². The number of primary amides is 1. The maximum Gasteiger partial charge on any atom is 0.339 e. The van der Waals surface area contributed by atoms with Gasteiger partial charge in [0.05, 0.1) is 11.1 Å². The standard InChI is InChI=1S/C21H15NO3/c22-20(23)15-8-1-2-9-16(15)21(24)25-18-12-11-14-6-3-5-13-7-4-10-17(18)19(13)14/h1-12,18H,(H2,22,23). The molecule has 0 bridgehead atoms. The van der Waals surface area contributed by atoms with Crippen molar-refractivity contribution in [2.24, 2.45) is 5.73 Å². The van der Waals surface area contributed by atoms with Gasteiger partial charge >= 0.3 is 5.97 Å². The Hall–Kier alpha value is -3.40. The Kier molecular flexibility index (Phi) is 3.58. The molecule has 1 aliphatic carbocycles. The summed E-state index contributed by atoms with van der Waals surface area (Å²) >= 11 is 0. The number of rotatable bonds is 3. The summed E-state index contributed by atoms with van der Waals surface area (Å²) in [5.74, 6) is -1.22. The molecule has 3 aromatic carbocycles. The highest BCUT2D eigenvalue weighted by Crippen LogP contribution is 2.35. The lowest BCUT2D eigenvalue weighted by Gasteiger charge is -2.22. The van der Waals surface area contributed by atoms with Crippen LogP contribution >= 0.6 is 0 Å². The average Bonchev–Trinajstić information content (AvgIpc) is 2.64. The lowest BCUT2D eigenvalue weighted by Crippen LogP contribution is -2.19. The van der Waals surface area contributed by atoms with Crippen molar-refractivity contribution in [1.29, 1.82) is 0 Å². The summed E-state index contributed by atoms with van der Waals surface area (Å²) in [5.41, 5.74) is 7.71. The number of carbonyl (C=O) groups excluding carboxylic acids is 2. The molecule has 0 saturated carbocycles. The maximum absolute atomic E-state index is 12.6. The van der Waals surface area contributed by atoms with Gasteiger partial charge in [-0.3, -0.25) is 4.79 Å². The minimum Gasteiger partial charge on any atom is -0.450 e. The molecule has 4 rings (SSSR count). The first-order valence-electron chi connectivity index (χ1n) is 7.95. The highest BCUT2D eigenvalue weighted by atomic mass is 16.5. The molecule has 0 aliphatic heterocycles. The van der Waals surface area contributed by atoms with E-state index in [1.54, 1.807) is 18.2 Å². The van der Waals surface area contributed by atoms with E-state index >= 15 is 0 Å². The zero-order chi connectivity index (χ0) is 17.4. The number of ether oxygens (including phenoxy) is 1. The van der Waals surface area contributed by atoms with Crippen LogP contribution in [0.5, 0.6) is 0 Å². The number of nitrogens with two attached hydrogens (primary N) is 1. The highest BCUT2D eigenvalue weighted by Gasteiger charge is 2.23. The van der Waals surface area contributed by atoms with E-state index in [4.69, 9.17) is 10.5 Å². The summed E-state index contributed by atoms with van der Waals surface area (Å²) < 4.78 is 5.68. The molecule has 0 radical (unpaired) electrons. The molecule has 3 aromatic rings. The predicted octanol–water partition coefficient (Wildman–Crippen LogP) is 3.86. The smallest absolute Gasteiger partial charge is 0.339 e. The molecule has 0 saturated heterocycles. The van der Waals surface area contributed by atoms with Crippen molar-refractivity contribution < 1.29 is 14.3 Å². The van der Waals surface area contributed by atoms with Crippen molar-refractivity contribution in [3.8, 4) is 0 Å². The lowest BCUT2D eigenvalue weighted by atomic mass is 9.91. The zero-order valence-corrected chi connectivity index (χ0v) is 13.3. The van der Waals surface area contributed by atoms with Crippen LogP contribution in [-0.4, -0.2) is 11.9 Å². The van der Waals surface area contributed by atoms with Crippen molar-refractivity contribution in [2.75, 3.05) is 0 Å². The molecule has 4 heteroatoms. The number of hydrogen-bond acceptors (Lipinski definition) is 3. The van der Waals surface area contributed by atoms with Crippen LogP contribution in [0.2, 0.25) is 0 Å². The summed E-state index contributed by atoms with van der Waals surface area (Å²) in [6, 6.07) is 18.4. The second-order valence-electron chi connectivity index (χ2n) is 5.89. The number of esters is 1. The topological polar surface area (TPSA) is 69.4 Å². The van der Waals surface area contributed by atoms with E-state index in [9.17, 15) is 9.59 Å². The third kappa shape index (κ3) is 2.58. The van der Waals surface area contributed by atoms with E-state index in [0.717, 1.165) is 21.9 Å². The quantitative estimate of drug-likeness (QED) is 0.742. The third-order valence-corrected chi connectivity index (χ3v) is 4.37. The second kappa shape index (κ2) is 5.91. The van der Waals surface area contributed by atoms with Crippen molar-refractivity contribution >= 4 is 28.7 Å². The highest BCUT2D eigenvalue weighted by molar-refractivity contribution is 6.05. The molecule has 1 unspecified atom stereocenters. The molecule has 122 valence electrons. The summed E-state index contributed by atoms with van der Waals surface area (Å²) in [6.45, 7) is 0. The lowest BCUT2D eigenvalue weighted by molar-refractivity contribution is 0.0392. The number of carbonyl (C=O) groups is 2. The summed E-state index contributed by atoms with van der Waals surface area (Å²) in [6.07, 6.45) is 3.29. The molecule has 0 fully saturated rings. The molecule has 2 N–H and O–H groups in total. The fourth-order valence-corrected chi connectivity index (χ4v) is 3.23. The normalized spacial score (nSPS) is 15.1. The summed E-state index contributed by atoms with van der Waals surface area (Å²) in [4.78, 5) is 24.1. The number of amides is 1. The first-order valence-corrected chi connectivity index (χ1v) is 7.95. The molecule has 1 atom stereocenters. The summed E-state index contributed by atoms with van der Waals surface area (Å²) in [7, 11) is 0. The Labute approximate surface area is 144 Å². The fraction of sp³-hybridized carbons (Fsp3) is 0.0476. The van der Waals surface area contributed by atoms with E-state index < -0.39 is 18.0 Å². The van der Waals surface area contributed by atoms with Crippen LogP contribution in [0.15, 0.2) is 66.7 Å². The maximum atomic E-state index is 12.6. The number of benzene rings is 3. The second-order valence-corrected chi connectivity index (χ2v) is 5.89. The molecule has 0 aromatic heterocycles. The van der Waals surface area contributed by atoms with E-state index in [0.29, 0.717) is 0 Å². The molecule has 25 heavy (non-hydrogen) atoms. The zero-order valence-electron chi connectivity index (χ0n) is 13.3. The van der Waals surface area contributed by atoms with Crippen LogP contribution in [0.25, 0.3) is 16.8 Å². The van der Waals surface area contributed by atoms with Crippen molar-refractivity contribution in [3.63, 3.8) is 0 Å².